The zero-order valence-electron chi connectivity index (χ0n) is 15.8. The van der Waals surface area contributed by atoms with Crippen molar-refractivity contribution in [2.24, 2.45) is 0 Å². The molecule has 1 aromatic carbocycles. The van der Waals surface area contributed by atoms with Crippen molar-refractivity contribution in [3.8, 4) is 0 Å². The molecular formula is C20H25FN4O2. The van der Waals surface area contributed by atoms with Crippen molar-refractivity contribution >= 4 is 6.09 Å². The molecule has 0 N–H and O–H groups in total. The number of aromatic nitrogens is 2. The molecule has 2 atom stereocenters. The standard InChI is InChI=1S/C20H25FN4O2/c1-3-25-14(2)16(10-22-25)11-23-12-18-19(13-23)27-20(26)24(18)9-8-15-4-6-17(21)7-5-15/h4-7,10,18-19H,3,8-9,11-13H2,1-2H3/t18-,19+/m1/s1. The van der Waals surface area contributed by atoms with Crippen LogP contribution in [0.4, 0.5) is 9.18 Å². The Labute approximate surface area is 158 Å². The zero-order chi connectivity index (χ0) is 19.0. The van der Waals surface area contributed by atoms with E-state index in [4.69, 9.17) is 4.74 Å². The third-order valence-corrected chi connectivity index (χ3v) is 5.65. The van der Waals surface area contributed by atoms with Crippen molar-refractivity contribution in [3.63, 3.8) is 0 Å². The molecule has 0 spiro atoms. The van der Waals surface area contributed by atoms with Gasteiger partial charge in [-0.25, -0.2) is 9.18 Å². The Balaban J connectivity index is 1.37. The van der Waals surface area contributed by atoms with Crippen LogP contribution in [0.1, 0.15) is 23.7 Å². The van der Waals surface area contributed by atoms with Gasteiger partial charge in [-0.2, -0.15) is 5.10 Å². The van der Waals surface area contributed by atoms with Crippen LogP contribution in [0, 0.1) is 12.7 Å². The molecule has 7 heteroatoms. The number of halogens is 1. The first-order chi connectivity index (χ1) is 13.0. The van der Waals surface area contributed by atoms with Crippen LogP contribution in [0.5, 0.6) is 0 Å². The van der Waals surface area contributed by atoms with E-state index in [1.54, 1.807) is 12.1 Å². The molecule has 2 fully saturated rings. The van der Waals surface area contributed by atoms with Gasteiger partial charge in [-0.3, -0.25) is 14.5 Å². The number of carbonyl (C=O) groups excluding carboxylic acids is 1. The van der Waals surface area contributed by atoms with Crippen LogP contribution >= 0.6 is 0 Å². The van der Waals surface area contributed by atoms with E-state index < -0.39 is 0 Å². The highest BCUT2D eigenvalue weighted by molar-refractivity contribution is 5.71. The fraction of sp³-hybridized carbons (Fsp3) is 0.500. The lowest BCUT2D eigenvalue weighted by molar-refractivity contribution is 0.120. The van der Waals surface area contributed by atoms with Gasteiger partial charge in [0.15, 0.2) is 0 Å². The zero-order valence-corrected chi connectivity index (χ0v) is 15.8. The molecule has 27 heavy (non-hydrogen) atoms. The van der Waals surface area contributed by atoms with E-state index in [9.17, 15) is 9.18 Å². The van der Waals surface area contributed by atoms with Crippen LogP contribution in [-0.2, 0) is 24.2 Å². The Bertz CT molecular complexity index is 820. The fourth-order valence-corrected chi connectivity index (χ4v) is 4.07. The lowest BCUT2D eigenvalue weighted by Gasteiger charge is -2.22. The normalized spacial score (nSPS) is 22.3. The van der Waals surface area contributed by atoms with E-state index in [1.165, 1.54) is 23.4 Å². The van der Waals surface area contributed by atoms with Gasteiger partial charge in [0.1, 0.15) is 11.9 Å². The molecule has 0 radical (unpaired) electrons. The quantitative estimate of drug-likeness (QED) is 0.782. The van der Waals surface area contributed by atoms with Crippen LogP contribution in [-0.4, -0.2) is 57.5 Å². The first kappa shape index (κ1) is 18.0. The van der Waals surface area contributed by atoms with Gasteiger partial charge in [0.2, 0.25) is 0 Å². The lowest BCUT2D eigenvalue weighted by Crippen LogP contribution is -2.39. The van der Waals surface area contributed by atoms with E-state index in [2.05, 4.69) is 23.8 Å². The minimum absolute atomic E-state index is 0.0766. The summed E-state index contributed by atoms with van der Waals surface area (Å²) in [6, 6.07) is 6.53. The summed E-state index contributed by atoms with van der Waals surface area (Å²) in [5.41, 5.74) is 3.44. The van der Waals surface area contributed by atoms with Gasteiger partial charge in [0.25, 0.3) is 0 Å². The molecule has 2 saturated heterocycles. The van der Waals surface area contributed by atoms with Crippen LogP contribution in [0.3, 0.4) is 0 Å². The topological polar surface area (TPSA) is 50.6 Å². The molecular weight excluding hydrogens is 347 g/mol. The summed E-state index contributed by atoms with van der Waals surface area (Å²) in [4.78, 5) is 16.4. The molecule has 2 aliphatic rings. The molecule has 2 aliphatic heterocycles. The maximum atomic E-state index is 13.0. The Kier molecular flexibility index (Phi) is 4.86. The molecule has 1 amide bonds. The average molecular weight is 372 g/mol. The van der Waals surface area contributed by atoms with E-state index >= 15 is 0 Å². The third kappa shape index (κ3) is 3.56. The van der Waals surface area contributed by atoms with Crippen molar-refractivity contribution < 1.29 is 13.9 Å². The van der Waals surface area contributed by atoms with E-state index in [-0.39, 0.29) is 24.1 Å². The molecule has 2 aromatic rings. The number of ether oxygens (including phenoxy) is 1. The van der Waals surface area contributed by atoms with Gasteiger partial charge in [-0.05, 0) is 38.0 Å². The summed E-state index contributed by atoms with van der Waals surface area (Å²) >= 11 is 0. The number of nitrogens with zero attached hydrogens (tertiary/aromatic N) is 4. The lowest BCUT2D eigenvalue weighted by atomic mass is 10.1. The molecule has 144 valence electrons. The molecule has 4 rings (SSSR count). The van der Waals surface area contributed by atoms with Crippen molar-refractivity contribution in [2.75, 3.05) is 19.6 Å². The Morgan fingerprint density at radius 1 is 1.26 bits per heavy atom. The summed E-state index contributed by atoms with van der Waals surface area (Å²) in [6.07, 6.45) is 2.32. The van der Waals surface area contributed by atoms with Crippen LogP contribution in [0.25, 0.3) is 0 Å². The van der Waals surface area contributed by atoms with Gasteiger partial charge in [0.05, 0.1) is 12.2 Å². The summed E-state index contributed by atoms with van der Waals surface area (Å²) in [5, 5.41) is 4.41. The summed E-state index contributed by atoms with van der Waals surface area (Å²) < 4.78 is 20.6. The number of fused-ring (bicyclic) bond motifs is 1. The number of carbonyl (C=O) groups is 1. The SMILES string of the molecule is CCn1ncc(CN2C[C@@H]3OC(=O)N(CCc4ccc(F)cc4)[C@@H]3C2)c1C. The second kappa shape index (κ2) is 7.31. The number of amides is 1. The predicted molar refractivity (Wildman–Crippen MR) is 98.8 cm³/mol. The molecule has 0 aliphatic carbocycles. The Morgan fingerprint density at radius 2 is 2.04 bits per heavy atom. The van der Waals surface area contributed by atoms with E-state index in [0.717, 1.165) is 31.7 Å². The van der Waals surface area contributed by atoms with Gasteiger partial charge in [0, 0.05) is 44.0 Å². The fourth-order valence-electron chi connectivity index (χ4n) is 4.07. The van der Waals surface area contributed by atoms with Crippen LogP contribution < -0.4 is 0 Å². The van der Waals surface area contributed by atoms with Gasteiger partial charge < -0.3 is 4.74 Å². The number of benzene rings is 1. The number of likely N-dealkylation sites (tertiary alicyclic amines) is 1. The molecule has 0 saturated carbocycles. The van der Waals surface area contributed by atoms with E-state index in [1.807, 2.05) is 15.8 Å². The van der Waals surface area contributed by atoms with Gasteiger partial charge >= 0.3 is 6.09 Å². The van der Waals surface area contributed by atoms with Crippen LogP contribution in [0.15, 0.2) is 30.5 Å². The average Bonchev–Trinajstić information content (AvgIpc) is 3.28. The summed E-state index contributed by atoms with van der Waals surface area (Å²) in [5.74, 6) is -0.243. The second-order valence-corrected chi connectivity index (χ2v) is 7.32. The highest BCUT2D eigenvalue weighted by atomic mass is 19.1. The monoisotopic (exact) mass is 372 g/mol. The Hall–Kier alpha value is -2.41. The summed E-state index contributed by atoms with van der Waals surface area (Å²) in [7, 11) is 0. The minimum atomic E-state index is -0.243. The minimum Gasteiger partial charge on any atom is -0.442 e. The van der Waals surface area contributed by atoms with Crippen LogP contribution in [0.2, 0.25) is 0 Å². The highest BCUT2D eigenvalue weighted by Gasteiger charge is 2.47. The number of hydrogen-bond donors (Lipinski definition) is 0. The molecule has 6 nitrogen and oxygen atoms in total. The van der Waals surface area contributed by atoms with E-state index in [0.29, 0.717) is 13.0 Å². The first-order valence-electron chi connectivity index (χ1n) is 9.50. The van der Waals surface area contributed by atoms with Crippen molar-refractivity contribution in [2.45, 2.75) is 45.5 Å². The molecule has 3 heterocycles. The van der Waals surface area contributed by atoms with Crippen molar-refractivity contribution in [1.82, 2.24) is 19.6 Å². The third-order valence-electron chi connectivity index (χ3n) is 5.65. The second-order valence-electron chi connectivity index (χ2n) is 7.32. The Morgan fingerprint density at radius 3 is 2.74 bits per heavy atom. The van der Waals surface area contributed by atoms with Gasteiger partial charge in [-0.15, -0.1) is 0 Å². The maximum absolute atomic E-state index is 13.0. The van der Waals surface area contributed by atoms with Crippen molar-refractivity contribution in [1.29, 1.82) is 0 Å². The number of aryl methyl sites for hydroxylation is 1. The predicted octanol–water partition coefficient (Wildman–Crippen LogP) is 2.60. The number of hydrogen-bond acceptors (Lipinski definition) is 4. The smallest absolute Gasteiger partial charge is 0.410 e. The molecule has 0 bridgehead atoms. The van der Waals surface area contributed by atoms with Gasteiger partial charge in [-0.1, -0.05) is 12.1 Å². The molecule has 0 unspecified atom stereocenters. The van der Waals surface area contributed by atoms with Crippen molar-refractivity contribution in [3.05, 3.63) is 53.1 Å². The molecule has 1 aromatic heterocycles. The maximum Gasteiger partial charge on any atom is 0.410 e. The number of rotatable bonds is 6. The largest absolute Gasteiger partial charge is 0.442 e. The summed E-state index contributed by atoms with van der Waals surface area (Å²) in [6.45, 7) is 8.01. The first-order valence-corrected chi connectivity index (χ1v) is 9.50. The highest BCUT2D eigenvalue weighted by Crippen LogP contribution is 2.28.